The van der Waals surface area contributed by atoms with Crippen LogP contribution in [0.2, 0.25) is 0 Å². The number of nitrogens with zero attached hydrogens (tertiary/aromatic N) is 1. The summed E-state index contributed by atoms with van der Waals surface area (Å²) in [7, 11) is 0. The summed E-state index contributed by atoms with van der Waals surface area (Å²) >= 11 is 0. The minimum Gasteiger partial charge on any atom is -0.345 e. The topological polar surface area (TPSA) is 95.6 Å². The Kier molecular flexibility index (Phi) is 6.58. The molecule has 1 saturated carbocycles. The van der Waals surface area contributed by atoms with E-state index in [1.165, 1.54) is 0 Å². The predicted molar refractivity (Wildman–Crippen MR) is 124 cm³/mol. The number of hydrogen-bond acceptors (Lipinski definition) is 4. The first-order valence-corrected chi connectivity index (χ1v) is 11.5. The maximum Gasteiger partial charge on any atom is 0.253 e. The third-order valence-corrected chi connectivity index (χ3v) is 6.69. The molecule has 2 N–H and O–H groups in total. The van der Waals surface area contributed by atoms with Crippen LogP contribution in [-0.4, -0.2) is 35.1 Å². The highest BCUT2D eigenvalue weighted by Crippen LogP contribution is 2.45. The number of imide groups is 1. The summed E-state index contributed by atoms with van der Waals surface area (Å²) in [5.74, 6) is -1.34. The maximum absolute atomic E-state index is 13.0. The van der Waals surface area contributed by atoms with Crippen molar-refractivity contribution < 1.29 is 19.2 Å². The molecular weight excluding hydrogens is 418 g/mol. The molecule has 0 radical (unpaired) electrons. The van der Waals surface area contributed by atoms with Crippen molar-refractivity contribution in [3.05, 3.63) is 65.7 Å². The van der Waals surface area contributed by atoms with E-state index in [0.717, 1.165) is 29.7 Å². The van der Waals surface area contributed by atoms with Crippen molar-refractivity contribution in [1.82, 2.24) is 10.2 Å². The molecule has 7 nitrogen and oxygen atoms in total. The fourth-order valence-corrected chi connectivity index (χ4v) is 4.86. The second-order valence-corrected chi connectivity index (χ2v) is 9.00. The Morgan fingerprint density at radius 2 is 1.64 bits per heavy atom. The van der Waals surface area contributed by atoms with Crippen LogP contribution in [0.25, 0.3) is 0 Å². The summed E-state index contributed by atoms with van der Waals surface area (Å²) in [6.07, 6.45) is 4.55. The first kappa shape index (κ1) is 22.7. The summed E-state index contributed by atoms with van der Waals surface area (Å²) < 4.78 is 0. The molecule has 4 rings (SSSR count). The fraction of sp³-hybridized carbons (Fsp3) is 0.385. The molecule has 2 aromatic carbocycles. The molecule has 172 valence electrons. The zero-order chi connectivity index (χ0) is 23.4. The Morgan fingerprint density at radius 1 is 0.970 bits per heavy atom. The van der Waals surface area contributed by atoms with E-state index in [9.17, 15) is 19.2 Å². The molecule has 1 saturated heterocycles. The normalized spacial score (nSPS) is 18.3. The lowest BCUT2D eigenvalue weighted by Crippen LogP contribution is -2.41. The van der Waals surface area contributed by atoms with Crippen molar-refractivity contribution in [3.63, 3.8) is 0 Å². The van der Waals surface area contributed by atoms with Gasteiger partial charge in [-0.1, -0.05) is 61.7 Å². The first-order chi connectivity index (χ1) is 15.9. The van der Waals surface area contributed by atoms with Crippen molar-refractivity contribution in [2.75, 3.05) is 11.9 Å². The van der Waals surface area contributed by atoms with E-state index >= 15 is 0 Å². The number of rotatable bonds is 6. The molecule has 0 aromatic heterocycles. The highest BCUT2D eigenvalue weighted by atomic mass is 16.2. The molecular formula is C26H29N3O4. The molecule has 2 aliphatic rings. The van der Waals surface area contributed by atoms with Gasteiger partial charge in [-0.15, -0.1) is 0 Å². The van der Waals surface area contributed by atoms with Crippen LogP contribution < -0.4 is 10.6 Å². The zero-order valence-corrected chi connectivity index (χ0v) is 18.8. The molecule has 0 bridgehead atoms. The lowest BCUT2D eigenvalue weighted by molar-refractivity contribution is -0.144. The molecule has 2 fully saturated rings. The van der Waals surface area contributed by atoms with E-state index in [-0.39, 0.29) is 36.7 Å². The first-order valence-electron chi connectivity index (χ1n) is 11.5. The van der Waals surface area contributed by atoms with Crippen molar-refractivity contribution in [3.8, 4) is 0 Å². The summed E-state index contributed by atoms with van der Waals surface area (Å²) in [5.41, 5.74) is 0.999. The number of likely N-dealkylation sites (tertiary alicyclic amines) is 1. The van der Waals surface area contributed by atoms with Crippen LogP contribution in [0.15, 0.2) is 54.6 Å². The van der Waals surface area contributed by atoms with Gasteiger partial charge in [0.1, 0.15) is 6.54 Å². The molecule has 7 heteroatoms. The van der Waals surface area contributed by atoms with Gasteiger partial charge in [-0.2, -0.15) is 0 Å². The summed E-state index contributed by atoms with van der Waals surface area (Å²) in [6.45, 7) is 1.55. The minimum atomic E-state index is -0.624. The van der Waals surface area contributed by atoms with Crippen molar-refractivity contribution in [2.24, 2.45) is 5.41 Å². The lowest BCUT2D eigenvalue weighted by Gasteiger charge is -2.30. The van der Waals surface area contributed by atoms with Crippen LogP contribution in [-0.2, 0) is 14.4 Å². The highest BCUT2D eigenvalue weighted by molar-refractivity contribution is 6.10. The minimum absolute atomic E-state index is 0.190. The van der Waals surface area contributed by atoms with E-state index in [0.29, 0.717) is 24.1 Å². The smallest absolute Gasteiger partial charge is 0.253 e. The van der Waals surface area contributed by atoms with Gasteiger partial charge in [0.2, 0.25) is 17.7 Å². The second-order valence-electron chi connectivity index (χ2n) is 9.00. The SMILES string of the molecule is CC(NC(=O)c1ccccc1NC(=O)CN1C(=O)CC2(CCCCC2)C1=O)c1ccccc1. The van der Waals surface area contributed by atoms with E-state index in [1.54, 1.807) is 24.3 Å². The van der Waals surface area contributed by atoms with Crippen molar-refractivity contribution in [2.45, 2.75) is 51.5 Å². The molecule has 1 atom stereocenters. The Morgan fingerprint density at radius 3 is 2.36 bits per heavy atom. The van der Waals surface area contributed by atoms with Crippen molar-refractivity contribution >= 4 is 29.3 Å². The Labute approximate surface area is 193 Å². The third kappa shape index (κ3) is 4.82. The van der Waals surface area contributed by atoms with E-state index in [4.69, 9.17) is 0 Å². The molecule has 1 spiro atoms. The van der Waals surface area contributed by atoms with Gasteiger partial charge < -0.3 is 10.6 Å². The number of benzene rings is 2. The monoisotopic (exact) mass is 447 g/mol. The average Bonchev–Trinajstić information content (AvgIpc) is 3.04. The third-order valence-electron chi connectivity index (χ3n) is 6.69. The highest BCUT2D eigenvalue weighted by Gasteiger charge is 2.51. The number of carbonyl (C=O) groups is 4. The number of carbonyl (C=O) groups excluding carboxylic acids is 4. The molecule has 1 aliphatic heterocycles. The number of para-hydroxylation sites is 1. The average molecular weight is 448 g/mol. The van der Waals surface area contributed by atoms with Gasteiger partial charge in [-0.05, 0) is 37.5 Å². The number of nitrogens with one attached hydrogen (secondary N) is 2. The van der Waals surface area contributed by atoms with Crippen LogP contribution in [0.3, 0.4) is 0 Å². The Hall–Kier alpha value is -3.48. The van der Waals surface area contributed by atoms with Crippen LogP contribution in [0.4, 0.5) is 5.69 Å². The van der Waals surface area contributed by atoms with Crippen LogP contribution >= 0.6 is 0 Å². The standard InChI is InChI=1S/C26H29N3O4/c1-18(19-10-4-2-5-11-19)27-24(32)20-12-6-7-13-21(20)28-22(30)17-29-23(31)16-26(25(29)33)14-8-3-9-15-26/h2,4-7,10-13,18H,3,8-9,14-17H2,1H3,(H,27,32)(H,28,30). The summed E-state index contributed by atoms with van der Waals surface area (Å²) in [4.78, 5) is 52.3. The largest absolute Gasteiger partial charge is 0.345 e. The van der Waals surface area contributed by atoms with Crippen LogP contribution in [0, 0.1) is 5.41 Å². The Balaban J connectivity index is 1.42. The van der Waals surface area contributed by atoms with E-state index in [1.807, 2.05) is 37.3 Å². The molecule has 33 heavy (non-hydrogen) atoms. The number of anilines is 1. The number of amides is 4. The molecule has 1 unspecified atom stereocenters. The Bertz CT molecular complexity index is 1060. The van der Waals surface area contributed by atoms with Gasteiger partial charge in [-0.3, -0.25) is 24.1 Å². The van der Waals surface area contributed by atoms with E-state index < -0.39 is 11.3 Å². The quantitative estimate of drug-likeness (QED) is 0.658. The van der Waals surface area contributed by atoms with Gasteiger partial charge in [0.05, 0.1) is 22.7 Å². The van der Waals surface area contributed by atoms with Crippen LogP contribution in [0.1, 0.15) is 67.4 Å². The second kappa shape index (κ2) is 9.57. The number of hydrogen-bond donors (Lipinski definition) is 2. The van der Waals surface area contributed by atoms with Crippen molar-refractivity contribution in [1.29, 1.82) is 0 Å². The summed E-state index contributed by atoms with van der Waals surface area (Å²) in [6, 6.07) is 16.1. The van der Waals surface area contributed by atoms with Gasteiger partial charge in [0.15, 0.2) is 0 Å². The van der Waals surface area contributed by atoms with E-state index in [2.05, 4.69) is 10.6 Å². The zero-order valence-electron chi connectivity index (χ0n) is 18.8. The maximum atomic E-state index is 13.0. The van der Waals surface area contributed by atoms with Gasteiger partial charge in [0, 0.05) is 6.42 Å². The molecule has 1 aliphatic carbocycles. The van der Waals surface area contributed by atoms with Crippen LogP contribution in [0.5, 0.6) is 0 Å². The van der Waals surface area contributed by atoms with Gasteiger partial charge in [0.25, 0.3) is 5.91 Å². The summed E-state index contributed by atoms with van der Waals surface area (Å²) in [5, 5.41) is 5.66. The molecule has 2 aromatic rings. The molecule has 4 amide bonds. The lowest BCUT2D eigenvalue weighted by atomic mass is 9.73. The predicted octanol–water partition coefficient (Wildman–Crippen LogP) is 3.83. The fourth-order valence-electron chi connectivity index (χ4n) is 4.86. The van der Waals surface area contributed by atoms with Gasteiger partial charge in [-0.25, -0.2) is 0 Å². The van der Waals surface area contributed by atoms with Gasteiger partial charge >= 0.3 is 0 Å². The molecule has 1 heterocycles.